The van der Waals surface area contributed by atoms with Crippen LogP contribution in [0.25, 0.3) is 6.08 Å². The van der Waals surface area contributed by atoms with Crippen LogP contribution in [0.1, 0.15) is 31.8 Å². The third kappa shape index (κ3) is 4.81. The smallest absolute Gasteiger partial charge is 0.251 e. The van der Waals surface area contributed by atoms with Gasteiger partial charge in [0.05, 0.1) is 21.3 Å². The molecule has 2 N–H and O–H groups in total. The van der Waals surface area contributed by atoms with Crippen LogP contribution < -0.4 is 10.0 Å². The molecule has 0 saturated carbocycles. The van der Waals surface area contributed by atoms with Gasteiger partial charge in [-0.2, -0.15) is 0 Å². The molecule has 1 atom stereocenters. The summed E-state index contributed by atoms with van der Waals surface area (Å²) in [5, 5.41) is 3.41. The third-order valence-corrected chi connectivity index (χ3v) is 6.61. The number of Topliss-reactive ketones (excluding diaryl/α,β-unsaturated/α-hetero) is 1. The molecule has 3 aromatic rings. The molecule has 0 aliphatic carbocycles. The van der Waals surface area contributed by atoms with E-state index in [9.17, 15) is 18.5 Å². The lowest BCUT2D eigenvalue weighted by molar-refractivity contribution is 0.0951. The van der Waals surface area contributed by atoms with Gasteiger partial charge in [-0.25, -0.2) is 9.11 Å². The fourth-order valence-electron chi connectivity index (χ4n) is 3.09. The molecular formula is C23H15Cl2FN2O3S. The number of allylic oxidation sites excluding steroid dienone is 1. The van der Waals surface area contributed by atoms with Gasteiger partial charge in [0.25, 0.3) is 5.91 Å². The summed E-state index contributed by atoms with van der Waals surface area (Å²) in [5.41, 5.74) is 2.16. The van der Waals surface area contributed by atoms with E-state index < -0.39 is 23.1 Å². The molecule has 0 spiro atoms. The van der Waals surface area contributed by atoms with E-state index in [0.717, 1.165) is 5.56 Å². The Bertz CT molecular complexity index is 1250. The van der Waals surface area contributed by atoms with E-state index in [-0.39, 0.29) is 28.4 Å². The first-order chi connectivity index (χ1) is 15.3. The number of carbonyl (C=O) groups is 2. The monoisotopic (exact) mass is 488 g/mol. The van der Waals surface area contributed by atoms with Crippen LogP contribution in [-0.4, -0.2) is 16.2 Å². The molecule has 1 unspecified atom stereocenters. The number of hydrogen-bond donors (Lipinski definition) is 2. The highest BCUT2D eigenvalue weighted by Gasteiger charge is 2.34. The molecule has 0 saturated heterocycles. The van der Waals surface area contributed by atoms with Crippen LogP contribution in [-0.2, 0) is 17.9 Å². The fourth-order valence-corrected chi connectivity index (χ4v) is 4.41. The Labute approximate surface area is 196 Å². The maximum absolute atomic E-state index is 13.0. The maximum atomic E-state index is 13.0. The van der Waals surface area contributed by atoms with Gasteiger partial charge >= 0.3 is 0 Å². The molecule has 0 radical (unpaired) electrons. The zero-order chi connectivity index (χ0) is 22.8. The normalized spacial score (nSPS) is 16.4. The number of ketones is 1. The number of anilines is 1. The molecule has 1 amide bonds. The number of carbonyl (C=O) groups excluding carboxylic acids is 2. The van der Waals surface area contributed by atoms with Gasteiger partial charge in [-0.15, -0.1) is 0 Å². The highest BCUT2D eigenvalue weighted by molar-refractivity contribution is 7.97. The van der Waals surface area contributed by atoms with Crippen LogP contribution in [0.4, 0.5) is 10.1 Å². The molecule has 1 heterocycles. The molecule has 32 heavy (non-hydrogen) atoms. The van der Waals surface area contributed by atoms with Gasteiger partial charge in [-0.1, -0.05) is 41.4 Å². The third-order valence-electron chi connectivity index (χ3n) is 4.76. The van der Waals surface area contributed by atoms with Crippen molar-refractivity contribution < 1.29 is 18.5 Å². The van der Waals surface area contributed by atoms with E-state index in [4.69, 9.17) is 23.2 Å². The average Bonchev–Trinajstić information content (AvgIpc) is 2.78. The summed E-state index contributed by atoms with van der Waals surface area (Å²) in [6.07, 6.45) is 1.47. The number of benzene rings is 3. The summed E-state index contributed by atoms with van der Waals surface area (Å²) in [6.45, 7) is 0.203. The first kappa shape index (κ1) is 22.4. The van der Waals surface area contributed by atoms with Gasteiger partial charge in [0.2, 0.25) is 10.7 Å². The highest BCUT2D eigenvalue weighted by Crippen LogP contribution is 2.32. The summed E-state index contributed by atoms with van der Waals surface area (Å²) >= 11 is 10.2. The lowest BCUT2D eigenvalue weighted by Gasteiger charge is -2.21. The Morgan fingerprint density at radius 3 is 2.53 bits per heavy atom. The topological polar surface area (TPSA) is 81.3 Å². The Hall–Kier alpha value is -2.84. The van der Waals surface area contributed by atoms with Crippen LogP contribution in [0.5, 0.6) is 0 Å². The Balaban J connectivity index is 1.56. The van der Waals surface area contributed by atoms with E-state index in [0.29, 0.717) is 21.3 Å². The standard InChI is InChI=1S/C23H15Cl2FN2O3S/c24-18-7-3-14(9-19(18)25)10-21-22(29)17-11-15(4-8-20(17)28-32(21)31)23(30)27-12-13-1-5-16(26)6-2-13/h1-11,28H,12H2,(H,27,30)/b21-10-. The molecule has 3 aromatic carbocycles. The van der Waals surface area contributed by atoms with Crippen molar-refractivity contribution in [2.24, 2.45) is 0 Å². The van der Waals surface area contributed by atoms with E-state index in [2.05, 4.69) is 10.0 Å². The molecule has 0 aromatic heterocycles. The minimum atomic E-state index is -1.78. The number of rotatable bonds is 4. The predicted octanol–water partition coefficient (Wildman–Crippen LogP) is 5.38. The number of fused-ring (bicyclic) bond motifs is 1. The summed E-state index contributed by atoms with van der Waals surface area (Å²) in [4.78, 5) is 25.6. The lowest BCUT2D eigenvalue weighted by Crippen LogP contribution is -2.28. The number of halogens is 3. The zero-order valence-electron chi connectivity index (χ0n) is 16.3. The molecule has 0 fully saturated rings. The van der Waals surface area contributed by atoms with Gasteiger partial charge in [0, 0.05) is 18.2 Å². The predicted molar refractivity (Wildman–Crippen MR) is 125 cm³/mol. The molecule has 5 nitrogen and oxygen atoms in total. The molecule has 9 heteroatoms. The Morgan fingerprint density at radius 2 is 1.81 bits per heavy atom. The van der Waals surface area contributed by atoms with Crippen LogP contribution in [0.2, 0.25) is 10.0 Å². The van der Waals surface area contributed by atoms with Gasteiger partial charge in [0.1, 0.15) is 17.2 Å². The second kappa shape index (κ2) is 9.34. The molecule has 1 aliphatic heterocycles. The van der Waals surface area contributed by atoms with Crippen molar-refractivity contribution in [2.45, 2.75) is 6.54 Å². The lowest BCUT2D eigenvalue weighted by atomic mass is 10.0. The first-order valence-electron chi connectivity index (χ1n) is 9.38. The fraction of sp³-hybridized carbons (Fsp3) is 0.0435. The van der Waals surface area contributed by atoms with Crippen molar-refractivity contribution in [3.8, 4) is 0 Å². The van der Waals surface area contributed by atoms with Gasteiger partial charge in [-0.3, -0.25) is 9.59 Å². The molecule has 1 aliphatic rings. The van der Waals surface area contributed by atoms with E-state index >= 15 is 0 Å². The van der Waals surface area contributed by atoms with Crippen LogP contribution in [0.15, 0.2) is 65.6 Å². The minimum Gasteiger partial charge on any atom is -0.588 e. The largest absolute Gasteiger partial charge is 0.588 e. The quantitative estimate of drug-likeness (QED) is 0.381. The summed E-state index contributed by atoms with van der Waals surface area (Å²) in [6, 6.07) is 15.1. The second-order valence-corrected chi connectivity index (χ2v) is 8.95. The Morgan fingerprint density at radius 1 is 1.06 bits per heavy atom. The van der Waals surface area contributed by atoms with Crippen molar-refractivity contribution in [3.05, 3.63) is 104 Å². The minimum absolute atomic E-state index is 0.0276. The van der Waals surface area contributed by atoms with Gasteiger partial charge in [-0.05, 0) is 53.6 Å². The van der Waals surface area contributed by atoms with Gasteiger partial charge < -0.3 is 9.87 Å². The molecule has 4 rings (SSSR count). The van der Waals surface area contributed by atoms with Crippen molar-refractivity contribution in [1.29, 1.82) is 0 Å². The summed E-state index contributed by atoms with van der Waals surface area (Å²) in [5.74, 6) is -1.22. The van der Waals surface area contributed by atoms with Crippen LogP contribution in [0.3, 0.4) is 0 Å². The van der Waals surface area contributed by atoms with Crippen molar-refractivity contribution in [1.82, 2.24) is 5.32 Å². The van der Waals surface area contributed by atoms with Crippen LogP contribution in [0, 0.1) is 5.82 Å². The summed E-state index contributed by atoms with van der Waals surface area (Å²) in [7, 11) is 0. The molecular weight excluding hydrogens is 474 g/mol. The SMILES string of the molecule is O=C(NCc1ccc(F)cc1)c1ccc2c(c1)C(=O)/C(=C/c1ccc(Cl)c(Cl)c1)[S+]([O-])N2. The first-order valence-corrected chi connectivity index (χ1v) is 11.3. The highest BCUT2D eigenvalue weighted by atomic mass is 35.5. The van der Waals surface area contributed by atoms with E-state index in [1.54, 1.807) is 30.3 Å². The summed E-state index contributed by atoms with van der Waals surface area (Å²) < 4.78 is 28.4. The average molecular weight is 489 g/mol. The van der Waals surface area contributed by atoms with Crippen molar-refractivity contribution >= 4 is 58.0 Å². The number of hydrogen-bond acceptors (Lipinski definition) is 4. The maximum Gasteiger partial charge on any atom is 0.251 e. The van der Waals surface area contributed by atoms with E-state index in [1.807, 2.05) is 0 Å². The molecule has 162 valence electrons. The van der Waals surface area contributed by atoms with Crippen LogP contribution >= 0.6 is 23.2 Å². The van der Waals surface area contributed by atoms with Crippen molar-refractivity contribution in [2.75, 3.05) is 4.72 Å². The second-order valence-electron chi connectivity index (χ2n) is 6.95. The molecule has 0 bridgehead atoms. The van der Waals surface area contributed by atoms with Gasteiger partial charge in [0.15, 0.2) is 0 Å². The number of amides is 1. The number of nitrogens with one attached hydrogen (secondary N) is 2. The van der Waals surface area contributed by atoms with E-state index in [1.165, 1.54) is 36.4 Å². The Kier molecular flexibility index (Phi) is 6.53. The van der Waals surface area contributed by atoms with Crippen molar-refractivity contribution in [3.63, 3.8) is 0 Å². The zero-order valence-corrected chi connectivity index (χ0v) is 18.7.